The maximum Gasteiger partial charge on any atom is 0.341 e. The molecule has 0 aliphatic carbocycles. The van der Waals surface area contributed by atoms with Gasteiger partial charge < -0.3 is 10.2 Å². The number of hydrogen-bond donors (Lipinski definition) is 2. The number of aliphatic imine (C=N–C) groups is 1. The van der Waals surface area contributed by atoms with E-state index in [2.05, 4.69) is 4.99 Å². The van der Waals surface area contributed by atoms with Crippen LogP contribution >= 0.6 is 11.6 Å². The van der Waals surface area contributed by atoms with Crippen LogP contribution in [-0.4, -0.2) is 22.4 Å². The van der Waals surface area contributed by atoms with Gasteiger partial charge in [0, 0.05) is 11.8 Å². The molecule has 0 saturated carbocycles. The highest BCUT2D eigenvalue weighted by atomic mass is 35.5. The van der Waals surface area contributed by atoms with E-state index in [0.717, 1.165) is 11.8 Å². The van der Waals surface area contributed by atoms with E-state index >= 15 is 0 Å². The molecule has 0 amide bonds. The third kappa shape index (κ3) is 3.96. The molecule has 0 unspecified atom stereocenters. The van der Waals surface area contributed by atoms with E-state index in [1.807, 2.05) is 30.3 Å². The molecule has 112 valence electrons. The zero-order valence-corrected chi connectivity index (χ0v) is 12.4. The van der Waals surface area contributed by atoms with Crippen LogP contribution in [0.1, 0.15) is 11.1 Å². The van der Waals surface area contributed by atoms with Gasteiger partial charge >= 0.3 is 5.97 Å². The highest BCUT2D eigenvalue weighted by molar-refractivity contribution is 6.32. The number of rotatable bonds is 5. The smallest absolute Gasteiger partial charge is 0.341 e. The van der Waals surface area contributed by atoms with Gasteiger partial charge in [-0.15, -0.1) is 0 Å². The van der Waals surface area contributed by atoms with Gasteiger partial charge in [0.1, 0.15) is 11.3 Å². The molecule has 0 radical (unpaired) electrons. The molecule has 2 aromatic carbocycles. The molecule has 0 bridgehead atoms. The molecule has 4 nitrogen and oxygen atoms in total. The van der Waals surface area contributed by atoms with Crippen molar-refractivity contribution < 1.29 is 15.0 Å². The van der Waals surface area contributed by atoms with Crippen LogP contribution in [0.3, 0.4) is 0 Å². The molecule has 5 heteroatoms. The molecule has 0 saturated heterocycles. The number of carbonyl (C=O) groups is 1. The quantitative estimate of drug-likeness (QED) is 0.498. The maximum absolute atomic E-state index is 11.3. The Kier molecular flexibility index (Phi) is 5.33. The molecule has 0 fully saturated rings. The normalized spacial score (nSPS) is 12.2. The minimum atomic E-state index is -1.27. The van der Waals surface area contributed by atoms with Crippen molar-refractivity contribution in [2.45, 2.75) is 6.54 Å². The third-order valence-corrected chi connectivity index (χ3v) is 3.28. The Hall–Kier alpha value is -2.59. The zero-order valence-electron chi connectivity index (χ0n) is 11.6. The summed E-state index contributed by atoms with van der Waals surface area (Å²) in [5.41, 5.74) is 0.900. The van der Waals surface area contributed by atoms with E-state index < -0.39 is 11.7 Å². The number of nitrogens with zero attached hydrogens (tertiary/aromatic N) is 1. The van der Waals surface area contributed by atoms with Crippen molar-refractivity contribution in [1.82, 2.24) is 0 Å². The van der Waals surface area contributed by atoms with Crippen LogP contribution in [0.4, 0.5) is 0 Å². The Bertz CT molecular complexity index is 724. The summed E-state index contributed by atoms with van der Waals surface area (Å²) in [5, 5.41) is 19.7. The molecule has 2 aromatic rings. The topological polar surface area (TPSA) is 69.9 Å². The van der Waals surface area contributed by atoms with E-state index in [9.17, 15) is 15.0 Å². The van der Waals surface area contributed by atoms with E-state index in [1.54, 1.807) is 24.3 Å². The van der Waals surface area contributed by atoms with Gasteiger partial charge in [-0.3, -0.25) is 4.99 Å². The fourth-order valence-electron chi connectivity index (χ4n) is 1.84. The molecular formula is C17H14ClNO3. The molecule has 2 rings (SSSR count). The van der Waals surface area contributed by atoms with Crippen molar-refractivity contribution >= 4 is 29.5 Å². The summed E-state index contributed by atoms with van der Waals surface area (Å²) in [7, 11) is 0. The fourth-order valence-corrected chi connectivity index (χ4v) is 2.07. The van der Waals surface area contributed by atoms with E-state index in [4.69, 9.17) is 11.6 Å². The predicted octanol–water partition coefficient (Wildman–Crippen LogP) is 3.96. The van der Waals surface area contributed by atoms with Crippen LogP contribution < -0.4 is 0 Å². The summed E-state index contributed by atoms with van der Waals surface area (Å²) in [6.07, 6.45) is 1.15. The third-order valence-electron chi connectivity index (χ3n) is 2.95. The lowest BCUT2D eigenvalue weighted by molar-refractivity contribution is -0.132. The van der Waals surface area contributed by atoms with Gasteiger partial charge in [-0.05, 0) is 17.7 Å². The van der Waals surface area contributed by atoms with Crippen LogP contribution in [0.5, 0.6) is 0 Å². The first-order chi connectivity index (χ1) is 10.6. The number of hydrogen-bond acceptors (Lipinski definition) is 3. The Morgan fingerprint density at radius 1 is 1.05 bits per heavy atom. The summed E-state index contributed by atoms with van der Waals surface area (Å²) >= 11 is 5.97. The van der Waals surface area contributed by atoms with Gasteiger partial charge in [-0.2, -0.15) is 0 Å². The highest BCUT2D eigenvalue weighted by Gasteiger charge is 2.15. The fraction of sp³-hybridized carbons (Fsp3) is 0.0588. The van der Waals surface area contributed by atoms with Crippen molar-refractivity contribution in [2.24, 2.45) is 4.99 Å². The lowest BCUT2D eigenvalue weighted by atomic mass is 10.1. The molecule has 22 heavy (non-hydrogen) atoms. The average Bonchev–Trinajstić information content (AvgIpc) is 2.52. The van der Waals surface area contributed by atoms with Gasteiger partial charge in [0.15, 0.2) is 0 Å². The van der Waals surface area contributed by atoms with E-state index in [-0.39, 0.29) is 16.2 Å². The molecule has 0 aromatic heterocycles. The number of benzene rings is 2. The molecule has 0 spiro atoms. The van der Waals surface area contributed by atoms with Crippen molar-refractivity contribution in [1.29, 1.82) is 0 Å². The predicted molar refractivity (Wildman–Crippen MR) is 87.3 cm³/mol. The highest BCUT2D eigenvalue weighted by Crippen LogP contribution is 2.23. The molecule has 0 atom stereocenters. The Morgan fingerprint density at radius 3 is 2.32 bits per heavy atom. The minimum absolute atomic E-state index is 0.257. The standard InChI is InChI=1S/C17H14ClNO3/c18-15-9-5-4-8-13(15)16(20)14(17(21)22)11-19-10-12-6-2-1-3-7-12/h1-9,11,20H,10H2,(H,21,22). The van der Waals surface area contributed by atoms with Crippen LogP contribution in [0.2, 0.25) is 5.02 Å². The number of halogens is 1. The second kappa shape index (κ2) is 7.43. The monoisotopic (exact) mass is 315 g/mol. The summed E-state index contributed by atoms with van der Waals surface area (Å²) in [5.74, 6) is -1.68. The Morgan fingerprint density at radius 2 is 1.68 bits per heavy atom. The Labute approximate surface area is 133 Å². The summed E-state index contributed by atoms with van der Waals surface area (Å²) in [6, 6.07) is 15.9. The van der Waals surface area contributed by atoms with Crippen LogP contribution in [0, 0.1) is 0 Å². The molecule has 0 aliphatic heterocycles. The van der Waals surface area contributed by atoms with E-state index in [0.29, 0.717) is 6.54 Å². The Balaban J connectivity index is 2.28. The second-order valence-corrected chi connectivity index (χ2v) is 4.91. The van der Waals surface area contributed by atoms with Gasteiger partial charge in [-0.25, -0.2) is 4.79 Å². The minimum Gasteiger partial charge on any atom is -0.506 e. The zero-order chi connectivity index (χ0) is 15.9. The van der Waals surface area contributed by atoms with Crippen LogP contribution in [0.25, 0.3) is 5.76 Å². The first-order valence-corrected chi connectivity index (χ1v) is 6.92. The largest absolute Gasteiger partial charge is 0.506 e. The maximum atomic E-state index is 11.3. The van der Waals surface area contributed by atoms with Gasteiger partial charge in [0.2, 0.25) is 0 Å². The number of aliphatic carboxylic acids is 1. The number of aliphatic hydroxyl groups excluding tert-OH is 1. The van der Waals surface area contributed by atoms with Crippen molar-refractivity contribution in [2.75, 3.05) is 0 Å². The van der Waals surface area contributed by atoms with Crippen molar-refractivity contribution in [3.8, 4) is 0 Å². The van der Waals surface area contributed by atoms with Gasteiger partial charge in [0.25, 0.3) is 0 Å². The van der Waals surface area contributed by atoms with Gasteiger partial charge in [0.05, 0.1) is 11.6 Å². The number of carboxylic acids is 1. The first kappa shape index (κ1) is 15.8. The molecule has 0 aliphatic rings. The lowest BCUT2D eigenvalue weighted by Crippen LogP contribution is -2.06. The van der Waals surface area contributed by atoms with Crippen LogP contribution in [-0.2, 0) is 11.3 Å². The number of carboxylic acid groups (broad SMARTS) is 1. The molecule has 0 heterocycles. The summed E-state index contributed by atoms with van der Waals surface area (Å²) < 4.78 is 0. The first-order valence-electron chi connectivity index (χ1n) is 6.55. The van der Waals surface area contributed by atoms with E-state index in [1.165, 1.54) is 0 Å². The van der Waals surface area contributed by atoms with Crippen LogP contribution in [0.15, 0.2) is 65.2 Å². The average molecular weight is 316 g/mol. The molecular weight excluding hydrogens is 302 g/mol. The summed E-state index contributed by atoms with van der Waals surface area (Å²) in [6.45, 7) is 0.327. The second-order valence-electron chi connectivity index (χ2n) is 4.50. The van der Waals surface area contributed by atoms with Crippen molar-refractivity contribution in [3.63, 3.8) is 0 Å². The van der Waals surface area contributed by atoms with Gasteiger partial charge in [-0.1, -0.05) is 54.1 Å². The van der Waals surface area contributed by atoms with Crippen molar-refractivity contribution in [3.05, 3.63) is 76.3 Å². The number of aliphatic hydroxyl groups is 1. The SMILES string of the molecule is O=C(O)C(C=NCc1ccccc1)=C(O)c1ccccc1Cl. The lowest BCUT2D eigenvalue weighted by Gasteiger charge is -2.05. The summed E-state index contributed by atoms with van der Waals surface area (Å²) in [4.78, 5) is 15.4. The molecule has 2 N–H and O–H groups in total.